The fraction of sp³-hybridized carbons (Fsp3) is 0.429. The van der Waals surface area contributed by atoms with E-state index >= 15 is 0 Å². The van der Waals surface area contributed by atoms with Crippen LogP contribution in [0.1, 0.15) is 24.8 Å². The summed E-state index contributed by atoms with van der Waals surface area (Å²) in [4.78, 5) is 12.8. The Bertz CT molecular complexity index is 562. The molecule has 0 saturated carbocycles. The number of nitrogens with zero attached hydrogens (tertiary/aromatic N) is 2. The highest BCUT2D eigenvalue weighted by atomic mass is 79.9. The number of rotatable bonds is 3. The zero-order chi connectivity index (χ0) is 14.7. The number of piperidine rings is 1. The molecule has 1 aromatic carbocycles. The molecule has 0 unspecified atom stereocenters. The van der Waals surface area contributed by atoms with Crippen molar-refractivity contribution < 1.29 is 9.18 Å². The number of anilines is 1. The van der Waals surface area contributed by atoms with Crippen molar-refractivity contribution in [3.63, 3.8) is 0 Å². The Kier molecular flexibility index (Phi) is 4.61. The van der Waals surface area contributed by atoms with Gasteiger partial charge in [-0.2, -0.15) is 5.26 Å². The third kappa shape index (κ3) is 3.10. The van der Waals surface area contributed by atoms with Crippen LogP contribution >= 0.6 is 15.9 Å². The number of carbonyl (C=O) groups excluding carboxylic acids is 1. The molecule has 0 bridgehead atoms. The molecule has 1 aliphatic rings. The minimum absolute atomic E-state index is 0.205. The first-order chi connectivity index (χ1) is 9.52. The number of amides is 1. The van der Waals surface area contributed by atoms with E-state index in [0.29, 0.717) is 25.2 Å². The lowest BCUT2D eigenvalue weighted by Crippen LogP contribution is -2.35. The Morgan fingerprint density at radius 3 is 2.70 bits per heavy atom. The normalized spacial score (nSPS) is 15.9. The number of hydrogen-bond donors (Lipinski definition) is 1. The molecule has 0 atom stereocenters. The van der Waals surface area contributed by atoms with Crippen LogP contribution in [0.4, 0.5) is 10.1 Å². The highest BCUT2D eigenvalue weighted by molar-refractivity contribution is 9.10. The number of primary amides is 1. The fourth-order valence-electron chi connectivity index (χ4n) is 2.53. The quantitative estimate of drug-likeness (QED) is 0.919. The third-order valence-electron chi connectivity index (χ3n) is 3.63. The maximum Gasteiger partial charge on any atom is 0.217 e. The zero-order valence-corrected chi connectivity index (χ0v) is 12.5. The predicted molar refractivity (Wildman–Crippen MR) is 77.6 cm³/mol. The van der Waals surface area contributed by atoms with Crippen LogP contribution in [0.15, 0.2) is 16.6 Å². The van der Waals surface area contributed by atoms with E-state index in [1.807, 2.05) is 11.0 Å². The Hall–Kier alpha value is -1.61. The summed E-state index contributed by atoms with van der Waals surface area (Å²) in [6.45, 7) is 1.38. The molecular formula is C14H15BrFN3O. The standard InChI is InChI=1S/C14H15BrFN3O/c15-13-10(8-17)1-2-11(14(13)16)19-5-3-9(4-6-19)7-12(18)20/h1-2,9H,3-7H2,(H2,18,20). The number of nitriles is 1. The Morgan fingerprint density at radius 1 is 1.50 bits per heavy atom. The first kappa shape index (κ1) is 14.8. The van der Waals surface area contributed by atoms with Gasteiger partial charge < -0.3 is 10.6 Å². The van der Waals surface area contributed by atoms with E-state index < -0.39 is 5.82 Å². The summed E-state index contributed by atoms with van der Waals surface area (Å²) < 4.78 is 14.4. The zero-order valence-electron chi connectivity index (χ0n) is 10.9. The van der Waals surface area contributed by atoms with E-state index in [4.69, 9.17) is 11.0 Å². The predicted octanol–water partition coefficient (Wildman–Crippen LogP) is 2.55. The molecule has 106 valence electrons. The van der Waals surface area contributed by atoms with Crippen LogP contribution < -0.4 is 10.6 Å². The highest BCUT2D eigenvalue weighted by Gasteiger charge is 2.23. The lowest BCUT2D eigenvalue weighted by atomic mass is 9.93. The monoisotopic (exact) mass is 339 g/mol. The second-order valence-corrected chi connectivity index (χ2v) is 5.77. The third-order valence-corrected chi connectivity index (χ3v) is 4.40. The Labute approximate surface area is 125 Å². The van der Waals surface area contributed by atoms with Crippen molar-refractivity contribution in [3.8, 4) is 6.07 Å². The van der Waals surface area contributed by atoms with Gasteiger partial charge in [0.2, 0.25) is 5.91 Å². The second-order valence-electron chi connectivity index (χ2n) is 4.97. The molecule has 2 rings (SSSR count). The molecule has 0 radical (unpaired) electrons. The lowest BCUT2D eigenvalue weighted by Gasteiger charge is -2.33. The van der Waals surface area contributed by atoms with Crippen molar-refractivity contribution in [2.45, 2.75) is 19.3 Å². The molecule has 0 spiro atoms. The summed E-state index contributed by atoms with van der Waals surface area (Å²) in [6.07, 6.45) is 2.04. The van der Waals surface area contributed by atoms with Crippen LogP contribution in [0, 0.1) is 23.1 Å². The molecule has 2 N–H and O–H groups in total. The van der Waals surface area contributed by atoms with Gasteiger partial charge in [0.1, 0.15) is 6.07 Å². The molecule has 0 aliphatic carbocycles. The smallest absolute Gasteiger partial charge is 0.217 e. The van der Waals surface area contributed by atoms with Gasteiger partial charge in [0.05, 0.1) is 15.7 Å². The SMILES string of the molecule is N#Cc1ccc(N2CCC(CC(N)=O)CC2)c(F)c1Br. The molecule has 6 heteroatoms. The largest absolute Gasteiger partial charge is 0.370 e. The van der Waals surface area contributed by atoms with E-state index in [2.05, 4.69) is 15.9 Å². The topological polar surface area (TPSA) is 70.1 Å². The second kappa shape index (κ2) is 6.23. The van der Waals surface area contributed by atoms with Crippen molar-refractivity contribution in [2.24, 2.45) is 11.7 Å². The minimum atomic E-state index is -0.405. The van der Waals surface area contributed by atoms with Crippen LogP contribution in [-0.2, 0) is 4.79 Å². The summed E-state index contributed by atoms with van der Waals surface area (Å²) in [5.74, 6) is -0.401. The molecule has 1 fully saturated rings. The average molecular weight is 340 g/mol. The number of hydrogen-bond acceptors (Lipinski definition) is 3. The number of nitrogens with two attached hydrogens (primary N) is 1. The highest BCUT2D eigenvalue weighted by Crippen LogP contribution is 2.32. The van der Waals surface area contributed by atoms with Gasteiger partial charge >= 0.3 is 0 Å². The Balaban J connectivity index is 2.10. The molecule has 0 aromatic heterocycles. The van der Waals surface area contributed by atoms with Gasteiger partial charge in [0, 0.05) is 19.5 Å². The van der Waals surface area contributed by atoms with E-state index in [0.717, 1.165) is 12.8 Å². The van der Waals surface area contributed by atoms with Crippen LogP contribution in [0.25, 0.3) is 0 Å². The maximum atomic E-state index is 14.2. The van der Waals surface area contributed by atoms with Crippen LogP contribution in [-0.4, -0.2) is 19.0 Å². The van der Waals surface area contributed by atoms with Crippen molar-refractivity contribution >= 4 is 27.5 Å². The van der Waals surface area contributed by atoms with Gasteiger partial charge in [0.15, 0.2) is 5.82 Å². The Morgan fingerprint density at radius 2 is 2.15 bits per heavy atom. The summed E-state index contributed by atoms with van der Waals surface area (Å²) in [6, 6.07) is 5.18. The molecule has 1 aromatic rings. The average Bonchev–Trinajstić information content (AvgIpc) is 2.42. The molecule has 1 saturated heterocycles. The molecule has 1 aliphatic heterocycles. The van der Waals surface area contributed by atoms with Crippen LogP contribution in [0.5, 0.6) is 0 Å². The molecular weight excluding hydrogens is 325 g/mol. The van der Waals surface area contributed by atoms with E-state index in [1.54, 1.807) is 12.1 Å². The summed E-state index contributed by atoms with van der Waals surface area (Å²) in [5, 5.41) is 8.86. The van der Waals surface area contributed by atoms with Crippen molar-refractivity contribution in [1.29, 1.82) is 5.26 Å². The number of benzene rings is 1. The van der Waals surface area contributed by atoms with Crippen molar-refractivity contribution in [1.82, 2.24) is 0 Å². The van der Waals surface area contributed by atoms with Gasteiger partial charge in [-0.25, -0.2) is 4.39 Å². The van der Waals surface area contributed by atoms with Crippen molar-refractivity contribution in [3.05, 3.63) is 28.0 Å². The summed E-state index contributed by atoms with van der Waals surface area (Å²) in [5.41, 5.74) is 5.98. The maximum absolute atomic E-state index is 14.2. The molecule has 4 nitrogen and oxygen atoms in total. The summed E-state index contributed by atoms with van der Waals surface area (Å²) in [7, 11) is 0. The molecule has 1 heterocycles. The van der Waals surface area contributed by atoms with Crippen LogP contribution in [0.3, 0.4) is 0 Å². The van der Waals surface area contributed by atoms with Gasteiger partial charge in [0.25, 0.3) is 0 Å². The van der Waals surface area contributed by atoms with Crippen LogP contribution in [0.2, 0.25) is 0 Å². The van der Waals surface area contributed by atoms with E-state index in [9.17, 15) is 9.18 Å². The fourth-order valence-corrected chi connectivity index (χ4v) is 2.96. The first-order valence-corrected chi connectivity index (χ1v) is 7.23. The minimum Gasteiger partial charge on any atom is -0.370 e. The molecule has 1 amide bonds. The number of carbonyl (C=O) groups is 1. The van der Waals surface area contributed by atoms with E-state index in [-0.39, 0.29) is 21.9 Å². The lowest BCUT2D eigenvalue weighted by molar-refractivity contribution is -0.119. The van der Waals surface area contributed by atoms with Gasteiger partial charge in [-0.05, 0) is 46.8 Å². The van der Waals surface area contributed by atoms with Gasteiger partial charge in [-0.3, -0.25) is 4.79 Å². The first-order valence-electron chi connectivity index (χ1n) is 6.44. The van der Waals surface area contributed by atoms with Crippen molar-refractivity contribution in [2.75, 3.05) is 18.0 Å². The summed E-state index contributed by atoms with van der Waals surface area (Å²) >= 11 is 3.12. The molecule has 20 heavy (non-hydrogen) atoms. The van der Waals surface area contributed by atoms with Gasteiger partial charge in [-0.1, -0.05) is 0 Å². The number of halogens is 2. The van der Waals surface area contributed by atoms with Gasteiger partial charge in [-0.15, -0.1) is 0 Å². The van der Waals surface area contributed by atoms with E-state index in [1.165, 1.54) is 0 Å².